The molecule has 0 aromatic rings. The average molecular weight is 217 g/mol. The van der Waals surface area contributed by atoms with Crippen LogP contribution in [0.2, 0.25) is 0 Å². The van der Waals surface area contributed by atoms with Gasteiger partial charge in [-0.2, -0.15) is 0 Å². The molecule has 2 nitrogen and oxygen atoms in total. The first-order chi connectivity index (χ1) is 7.00. The highest BCUT2D eigenvalue weighted by Gasteiger charge is 2.15. The number of hydrogen-bond donors (Lipinski definition) is 1. The molecule has 1 aliphatic carbocycles. The number of nitrogens with two attached hydrogens (primary N) is 1. The lowest BCUT2D eigenvalue weighted by Gasteiger charge is -2.21. The van der Waals surface area contributed by atoms with Crippen molar-refractivity contribution in [3.63, 3.8) is 0 Å². The largest absolute Gasteiger partial charge is 0.492 e. The molecule has 0 radical (unpaired) electrons. The summed E-state index contributed by atoms with van der Waals surface area (Å²) in [5.41, 5.74) is 8.00. The minimum absolute atomic E-state index is 0.0258. The van der Waals surface area contributed by atoms with Crippen LogP contribution in [-0.2, 0) is 4.74 Å². The molecule has 0 bridgehead atoms. The average Bonchev–Trinajstić information content (AvgIpc) is 2.14. The molecule has 0 aromatic heterocycles. The van der Waals surface area contributed by atoms with Gasteiger partial charge in [-0.25, -0.2) is 8.78 Å². The SMILES string of the molecule is CC1=C(C(C)N)CCC(OCC(F)F)=C1. The molecule has 86 valence electrons. The van der Waals surface area contributed by atoms with E-state index in [2.05, 4.69) is 0 Å². The molecule has 0 aromatic carbocycles. The Morgan fingerprint density at radius 3 is 2.60 bits per heavy atom. The van der Waals surface area contributed by atoms with Gasteiger partial charge in [0, 0.05) is 12.5 Å². The number of allylic oxidation sites excluding steroid dienone is 3. The third kappa shape index (κ3) is 3.63. The summed E-state index contributed by atoms with van der Waals surface area (Å²) in [4.78, 5) is 0. The molecule has 0 amide bonds. The Morgan fingerprint density at radius 1 is 1.47 bits per heavy atom. The van der Waals surface area contributed by atoms with Crippen molar-refractivity contribution in [3.8, 4) is 0 Å². The van der Waals surface area contributed by atoms with E-state index in [-0.39, 0.29) is 6.04 Å². The molecule has 2 N–H and O–H groups in total. The fourth-order valence-corrected chi connectivity index (χ4v) is 1.73. The van der Waals surface area contributed by atoms with Crippen LogP contribution < -0.4 is 5.73 Å². The smallest absolute Gasteiger partial charge is 0.272 e. The first kappa shape index (κ1) is 12.2. The van der Waals surface area contributed by atoms with E-state index in [1.165, 1.54) is 5.57 Å². The standard InChI is InChI=1S/C11H17F2NO/c1-7-5-9(15-6-11(12)13)3-4-10(7)8(2)14/h5,8,11H,3-4,6,14H2,1-2H3. The van der Waals surface area contributed by atoms with Gasteiger partial charge in [0.15, 0.2) is 0 Å². The second-order valence-electron chi connectivity index (χ2n) is 3.81. The summed E-state index contributed by atoms with van der Waals surface area (Å²) in [6.45, 7) is 3.34. The number of hydrogen-bond acceptors (Lipinski definition) is 2. The molecule has 0 heterocycles. The van der Waals surface area contributed by atoms with Crippen molar-refractivity contribution in [1.29, 1.82) is 0 Å². The minimum atomic E-state index is -2.41. The Morgan fingerprint density at radius 2 is 2.13 bits per heavy atom. The lowest BCUT2D eigenvalue weighted by Crippen LogP contribution is -2.21. The predicted molar refractivity (Wildman–Crippen MR) is 55.6 cm³/mol. The van der Waals surface area contributed by atoms with Gasteiger partial charge in [0.25, 0.3) is 6.43 Å². The zero-order valence-corrected chi connectivity index (χ0v) is 9.09. The van der Waals surface area contributed by atoms with Crippen LogP contribution in [0.3, 0.4) is 0 Å². The van der Waals surface area contributed by atoms with Gasteiger partial charge in [0.05, 0.1) is 5.76 Å². The Hall–Kier alpha value is -0.900. The second kappa shape index (κ2) is 5.26. The Labute approximate surface area is 88.8 Å². The first-order valence-corrected chi connectivity index (χ1v) is 5.07. The minimum Gasteiger partial charge on any atom is -0.492 e. The summed E-state index contributed by atoms with van der Waals surface area (Å²) < 4.78 is 28.8. The van der Waals surface area contributed by atoms with E-state index in [1.54, 1.807) is 0 Å². The van der Waals surface area contributed by atoms with Crippen LogP contribution in [0, 0.1) is 0 Å². The summed E-state index contributed by atoms with van der Waals surface area (Å²) in [5, 5.41) is 0. The third-order valence-corrected chi connectivity index (χ3v) is 2.47. The molecule has 4 heteroatoms. The highest BCUT2D eigenvalue weighted by molar-refractivity contribution is 5.32. The fraction of sp³-hybridized carbons (Fsp3) is 0.636. The third-order valence-electron chi connectivity index (χ3n) is 2.47. The van der Waals surface area contributed by atoms with Gasteiger partial charge in [0.1, 0.15) is 6.61 Å². The van der Waals surface area contributed by atoms with E-state index in [1.807, 2.05) is 19.9 Å². The molecule has 1 rings (SSSR count). The van der Waals surface area contributed by atoms with Crippen molar-refractivity contribution < 1.29 is 13.5 Å². The van der Waals surface area contributed by atoms with Crippen molar-refractivity contribution in [2.75, 3.05) is 6.61 Å². The van der Waals surface area contributed by atoms with Gasteiger partial charge in [-0.1, -0.05) is 5.57 Å². The Balaban J connectivity index is 2.61. The van der Waals surface area contributed by atoms with Gasteiger partial charge >= 0.3 is 0 Å². The van der Waals surface area contributed by atoms with E-state index < -0.39 is 13.0 Å². The van der Waals surface area contributed by atoms with E-state index in [0.717, 1.165) is 12.0 Å². The van der Waals surface area contributed by atoms with Crippen LogP contribution in [0.15, 0.2) is 23.0 Å². The summed E-state index contributed by atoms with van der Waals surface area (Å²) in [6, 6.07) is 0.0258. The fourth-order valence-electron chi connectivity index (χ4n) is 1.73. The number of halogens is 2. The molecule has 0 saturated heterocycles. The molecular formula is C11H17F2NO. The molecule has 1 unspecified atom stereocenters. The highest BCUT2D eigenvalue weighted by Crippen LogP contribution is 2.26. The van der Waals surface area contributed by atoms with Crippen LogP contribution >= 0.6 is 0 Å². The van der Waals surface area contributed by atoms with Crippen LogP contribution in [0.5, 0.6) is 0 Å². The molecule has 0 aliphatic heterocycles. The summed E-state index contributed by atoms with van der Waals surface area (Å²) in [5.74, 6) is 0.636. The summed E-state index contributed by atoms with van der Waals surface area (Å²) in [6.07, 6.45) is 0.870. The highest BCUT2D eigenvalue weighted by atomic mass is 19.3. The maximum absolute atomic E-state index is 11.9. The Kier molecular flexibility index (Phi) is 4.27. The first-order valence-electron chi connectivity index (χ1n) is 5.07. The van der Waals surface area contributed by atoms with Crippen molar-refractivity contribution in [2.24, 2.45) is 5.73 Å². The van der Waals surface area contributed by atoms with Crippen molar-refractivity contribution in [2.45, 2.75) is 39.2 Å². The summed E-state index contributed by atoms with van der Waals surface area (Å²) >= 11 is 0. The number of alkyl halides is 2. The zero-order valence-electron chi connectivity index (χ0n) is 9.09. The molecule has 0 spiro atoms. The Bertz CT molecular complexity index is 282. The van der Waals surface area contributed by atoms with E-state index in [0.29, 0.717) is 12.2 Å². The van der Waals surface area contributed by atoms with Crippen molar-refractivity contribution >= 4 is 0 Å². The maximum Gasteiger partial charge on any atom is 0.272 e. The zero-order chi connectivity index (χ0) is 11.4. The summed E-state index contributed by atoms with van der Waals surface area (Å²) in [7, 11) is 0. The van der Waals surface area contributed by atoms with E-state index in [4.69, 9.17) is 10.5 Å². The van der Waals surface area contributed by atoms with Gasteiger partial charge in [0.2, 0.25) is 0 Å². The topological polar surface area (TPSA) is 35.2 Å². The van der Waals surface area contributed by atoms with Crippen LogP contribution in [0.4, 0.5) is 8.78 Å². The van der Waals surface area contributed by atoms with Crippen LogP contribution in [-0.4, -0.2) is 19.1 Å². The van der Waals surface area contributed by atoms with E-state index in [9.17, 15) is 8.78 Å². The molecule has 15 heavy (non-hydrogen) atoms. The maximum atomic E-state index is 11.9. The molecule has 0 fully saturated rings. The van der Waals surface area contributed by atoms with Crippen LogP contribution in [0.1, 0.15) is 26.7 Å². The van der Waals surface area contributed by atoms with Gasteiger partial charge < -0.3 is 10.5 Å². The van der Waals surface area contributed by atoms with Gasteiger partial charge in [-0.3, -0.25) is 0 Å². The number of ether oxygens (including phenoxy) is 1. The van der Waals surface area contributed by atoms with Crippen molar-refractivity contribution in [1.82, 2.24) is 0 Å². The van der Waals surface area contributed by atoms with E-state index >= 15 is 0 Å². The quantitative estimate of drug-likeness (QED) is 0.785. The lowest BCUT2D eigenvalue weighted by molar-refractivity contribution is 0.0456. The lowest BCUT2D eigenvalue weighted by atomic mass is 9.93. The molecule has 1 aliphatic rings. The predicted octanol–water partition coefficient (Wildman–Crippen LogP) is 2.61. The van der Waals surface area contributed by atoms with Crippen molar-refractivity contribution in [3.05, 3.63) is 23.0 Å². The molecular weight excluding hydrogens is 200 g/mol. The monoisotopic (exact) mass is 217 g/mol. The van der Waals surface area contributed by atoms with Gasteiger partial charge in [-0.05, 0) is 31.9 Å². The number of rotatable bonds is 4. The van der Waals surface area contributed by atoms with Crippen LogP contribution in [0.25, 0.3) is 0 Å². The van der Waals surface area contributed by atoms with Gasteiger partial charge in [-0.15, -0.1) is 0 Å². The normalized spacial score (nSPS) is 19.2. The molecule has 1 atom stereocenters. The molecule has 0 saturated carbocycles. The second-order valence-corrected chi connectivity index (χ2v) is 3.81.